The minimum absolute atomic E-state index is 0.704. The molecule has 0 amide bonds. The van der Waals surface area contributed by atoms with Gasteiger partial charge in [0.05, 0.1) is 6.61 Å². The summed E-state index contributed by atoms with van der Waals surface area (Å²) < 4.78 is 5.40. The summed E-state index contributed by atoms with van der Waals surface area (Å²) in [6.07, 6.45) is -0.0434. The highest BCUT2D eigenvalue weighted by Gasteiger charge is 2.11. The maximum absolute atomic E-state index is 8.56. The van der Waals surface area contributed by atoms with Gasteiger partial charge in [0.1, 0.15) is 0 Å². The van der Waals surface area contributed by atoms with Crippen LogP contribution >= 0.6 is 0 Å². The Morgan fingerprint density at radius 1 is 1.50 bits per heavy atom. The van der Waals surface area contributed by atoms with Crippen molar-refractivity contribution >= 4 is 14.5 Å². The second-order valence-corrected chi connectivity index (χ2v) is 7.51. The van der Waals surface area contributed by atoms with Gasteiger partial charge in [-0.2, -0.15) is 0 Å². The Hall–Kier alpha value is -0.813. The molecule has 2 N–H and O–H groups in total. The summed E-state index contributed by atoms with van der Waals surface area (Å²) in [5.74, 6) is 0. The van der Waals surface area contributed by atoms with Gasteiger partial charge >= 0.3 is 6.16 Å². The summed E-state index contributed by atoms with van der Waals surface area (Å²) in [5.41, 5.74) is 0. The van der Waals surface area contributed by atoms with Crippen LogP contribution in [0.1, 0.15) is 0 Å². The molecule has 72 valence electrons. The van der Waals surface area contributed by atoms with E-state index in [1.807, 2.05) is 0 Å². The summed E-state index contributed by atoms with van der Waals surface area (Å²) in [6.45, 7) is 10.8. The van der Waals surface area contributed by atoms with Crippen LogP contribution in [0.15, 0.2) is 12.7 Å². The van der Waals surface area contributed by atoms with E-state index in [2.05, 4.69) is 26.2 Å². The Labute approximate surface area is 73.6 Å². The van der Waals surface area contributed by atoms with Gasteiger partial charge in [0.2, 0.25) is 0 Å². The molecule has 0 aliphatic rings. The Morgan fingerprint density at radius 3 is 1.92 bits per heavy atom. The van der Waals surface area contributed by atoms with E-state index < -0.39 is 14.5 Å². The predicted molar refractivity (Wildman–Crippen MR) is 50.1 cm³/mol. The highest BCUT2D eigenvalue weighted by molar-refractivity contribution is 6.69. The fourth-order valence-electron chi connectivity index (χ4n) is 0.309. The van der Waals surface area contributed by atoms with Gasteiger partial charge in [-0.3, -0.25) is 0 Å². The van der Waals surface area contributed by atoms with Crippen molar-refractivity contribution < 1.29 is 19.4 Å². The first-order valence-corrected chi connectivity index (χ1v) is 6.87. The van der Waals surface area contributed by atoms with Crippen LogP contribution in [0.5, 0.6) is 0 Å². The molecule has 0 aliphatic heterocycles. The number of rotatable bonds is 3. The topological polar surface area (TPSA) is 66.8 Å². The van der Waals surface area contributed by atoms with Gasteiger partial charge in [0, 0.05) is 0 Å². The molecule has 0 spiro atoms. The highest BCUT2D eigenvalue weighted by atomic mass is 28.4. The third kappa shape index (κ3) is 35.1. The lowest BCUT2D eigenvalue weighted by molar-refractivity contribution is 0.137. The molecular formula is C7H16O4Si. The van der Waals surface area contributed by atoms with E-state index in [4.69, 9.17) is 19.4 Å². The van der Waals surface area contributed by atoms with E-state index >= 15 is 0 Å². The molecule has 4 nitrogen and oxygen atoms in total. The fourth-order valence-corrected chi connectivity index (χ4v) is 0.927. The molecule has 0 aromatic carbocycles. The zero-order valence-electron chi connectivity index (χ0n) is 7.70. The number of carbonyl (C=O) groups is 1. The second kappa shape index (κ2) is 6.87. The molecule has 12 heavy (non-hydrogen) atoms. The molecule has 0 fully saturated rings. The third-order valence-corrected chi connectivity index (χ3v) is 1.67. The van der Waals surface area contributed by atoms with Crippen molar-refractivity contribution in [3.05, 3.63) is 12.7 Å². The van der Waals surface area contributed by atoms with E-state index in [1.54, 1.807) is 6.08 Å². The van der Waals surface area contributed by atoms with Gasteiger partial charge in [0.25, 0.3) is 0 Å². The van der Waals surface area contributed by atoms with E-state index in [0.717, 1.165) is 0 Å². The Balaban J connectivity index is 0. The molecule has 0 aliphatic carbocycles. The molecule has 5 heteroatoms. The Kier molecular flexibility index (Phi) is 7.87. The minimum Gasteiger partial charge on any atom is -0.450 e. The van der Waals surface area contributed by atoms with Crippen LogP contribution in [-0.2, 0) is 4.43 Å². The van der Waals surface area contributed by atoms with Crippen molar-refractivity contribution in [2.24, 2.45) is 0 Å². The van der Waals surface area contributed by atoms with E-state index in [9.17, 15) is 0 Å². The third-order valence-electron chi connectivity index (χ3n) is 0.634. The summed E-state index contributed by atoms with van der Waals surface area (Å²) in [6, 6.07) is 0. The van der Waals surface area contributed by atoms with Gasteiger partial charge < -0.3 is 14.6 Å². The zero-order chi connectivity index (χ0) is 10.2. The molecule has 0 unspecified atom stereocenters. The van der Waals surface area contributed by atoms with Crippen LogP contribution in [0.4, 0.5) is 4.79 Å². The zero-order valence-corrected chi connectivity index (χ0v) is 8.70. The van der Waals surface area contributed by atoms with Gasteiger partial charge in [0.15, 0.2) is 8.32 Å². The maximum atomic E-state index is 8.56. The maximum Gasteiger partial charge on any atom is 0.503 e. The second-order valence-electron chi connectivity index (χ2n) is 2.99. The average Bonchev–Trinajstić information content (AvgIpc) is 1.80. The van der Waals surface area contributed by atoms with Crippen LogP contribution in [0, 0.1) is 0 Å². The molecule has 0 saturated carbocycles. The standard InChI is InChI=1S/C6H14OSi.CH2O3/c1-5-6-7-8(2,3)4;2-1(3)4/h5H,1,6H2,2-4H3;(H2,2,3,4). The smallest absolute Gasteiger partial charge is 0.450 e. The predicted octanol–water partition coefficient (Wildman–Crippen LogP) is 2.25. The van der Waals surface area contributed by atoms with Crippen molar-refractivity contribution in [3.63, 3.8) is 0 Å². The summed E-state index contributed by atoms with van der Waals surface area (Å²) in [7, 11) is -1.25. The quantitative estimate of drug-likeness (QED) is 0.531. The Bertz CT molecular complexity index is 135. The van der Waals surface area contributed by atoms with Crippen LogP contribution in [0.25, 0.3) is 0 Å². The lowest BCUT2D eigenvalue weighted by Gasteiger charge is -2.14. The van der Waals surface area contributed by atoms with Crippen LogP contribution in [0.2, 0.25) is 19.6 Å². The number of hydrogen-bond donors (Lipinski definition) is 2. The lowest BCUT2D eigenvalue weighted by Crippen LogP contribution is -2.24. The van der Waals surface area contributed by atoms with Gasteiger partial charge in [-0.1, -0.05) is 6.08 Å². The van der Waals surface area contributed by atoms with Gasteiger partial charge in [-0.25, -0.2) is 4.79 Å². The molecule has 0 rings (SSSR count). The van der Waals surface area contributed by atoms with Crippen molar-refractivity contribution in [2.45, 2.75) is 19.6 Å². The lowest BCUT2D eigenvalue weighted by atomic mass is 10.7. The van der Waals surface area contributed by atoms with Crippen LogP contribution < -0.4 is 0 Å². The van der Waals surface area contributed by atoms with Gasteiger partial charge in [-0.05, 0) is 19.6 Å². The summed E-state index contributed by atoms with van der Waals surface area (Å²) >= 11 is 0. The van der Waals surface area contributed by atoms with Gasteiger partial charge in [-0.15, -0.1) is 6.58 Å². The first-order chi connectivity index (χ1) is 5.29. The van der Waals surface area contributed by atoms with E-state index in [0.29, 0.717) is 6.61 Å². The SMILES string of the molecule is C=CCO[Si](C)(C)C.O=C(O)O. The average molecular weight is 192 g/mol. The molecule has 0 heterocycles. The van der Waals surface area contributed by atoms with Crippen LogP contribution in [-0.4, -0.2) is 31.3 Å². The summed E-state index contributed by atoms with van der Waals surface area (Å²) in [4.78, 5) is 8.56. The van der Waals surface area contributed by atoms with E-state index in [1.165, 1.54) is 0 Å². The molecule has 0 aromatic heterocycles. The first kappa shape index (κ1) is 13.8. The normalized spacial score (nSPS) is 9.58. The van der Waals surface area contributed by atoms with E-state index in [-0.39, 0.29) is 0 Å². The first-order valence-electron chi connectivity index (χ1n) is 3.46. The molecule has 0 radical (unpaired) electrons. The number of carboxylic acid groups (broad SMARTS) is 2. The molecular weight excluding hydrogens is 176 g/mol. The monoisotopic (exact) mass is 192 g/mol. The summed E-state index contributed by atoms with van der Waals surface area (Å²) in [5, 5.41) is 13.9. The molecule has 0 bridgehead atoms. The van der Waals surface area contributed by atoms with Crippen molar-refractivity contribution in [1.82, 2.24) is 0 Å². The number of hydrogen-bond acceptors (Lipinski definition) is 2. The van der Waals surface area contributed by atoms with Crippen molar-refractivity contribution in [1.29, 1.82) is 0 Å². The molecule has 0 aromatic rings. The highest BCUT2D eigenvalue weighted by Crippen LogP contribution is 2.00. The molecule has 0 saturated heterocycles. The Morgan fingerprint density at radius 2 is 1.83 bits per heavy atom. The largest absolute Gasteiger partial charge is 0.503 e. The minimum atomic E-state index is -1.83. The fraction of sp³-hybridized carbons (Fsp3) is 0.571. The molecule has 0 atom stereocenters. The van der Waals surface area contributed by atoms with Crippen molar-refractivity contribution in [3.8, 4) is 0 Å². The van der Waals surface area contributed by atoms with Crippen molar-refractivity contribution in [2.75, 3.05) is 6.61 Å². The van der Waals surface area contributed by atoms with Crippen LogP contribution in [0.3, 0.4) is 0 Å².